The number of carboxylic acid groups (broad SMARTS) is 1. The summed E-state index contributed by atoms with van der Waals surface area (Å²) in [5.41, 5.74) is 0. The third-order valence-corrected chi connectivity index (χ3v) is 1.39. The van der Waals surface area contributed by atoms with Gasteiger partial charge >= 0.3 is 18.1 Å². The second kappa shape index (κ2) is 7.95. The Balaban J connectivity index is 0. The second-order valence-corrected chi connectivity index (χ2v) is 2.97. The molecule has 0 fully saturated rings. The smallest absolute Gasteiger partial charge is 0.392 e. The molecule has 0 aromatic rings. The molecule has 0 radical (unpaired) electrons. The van der Waals surface area contributed by atoms with Crippen LogP contribution < -0.4 is 0 Å². The molecule has 16 heavy (non-hydrogen) atoms. The molecule has 0 saturated carbocycles. The summed E-state index contributed by atoms with van der Waals surface area (Å²) < 4.78 is 39.0. The molecular formula is C9H15F3O4. The van der Waals surface area contributed by atoms with Crippen LogP contribution in [0.3, 0.4) is 0 Å². The van der Waals surface area contributed by atoms with Gasteiger partial charge in [-0.25, -0.2) is 0 Å². The van der Waals surface area contributed by atoms with Crippen LogP contribution in [0.2, 0.25) is 0 Å². The predicted octanol–water partition coefficient (Wildman–Crippen LogP) is 2.23. The topological polar surface area (TPSA) is 63.6 Å². The molecule has 4 nitrogen and oxygen atoms in total. The van der Waals surface area contributed by atoms with Gasteiger partial charge in [0, 0.05) is 6.92 Å². The van der Waals surface area contributed by atoms with E-state index in [-0.39, 0.29) is 5.97 Å². The molecule has 0 saturated heterocycles. The average molecular weight is 244 g/mol. The molecule has 1 unspecified atom stereocenters. The van der Waals surface area contributed by atoms with Gasteiger partial charge in [0.25, 0.3) is 0 Å². The van der Waals surface area contributed by atoms with Crippen LogP contribution in [0.15, 0.2) is 0 Å². The van der Waals surface area contributed by atoms with Crippen molar-refractivity contribution in [2.24, 2.45) is 5.92 Å². The number of aliphatic carboxylic acids is 1. The van der Waals surface area contributed by atoms with Gasteiger partial charge in [-0.3, -0.25) is 9.59 Å². The van der Waals surface area contributed by atoms with Crippen molar-refractivity contribution in [3.05, 3.63) is 0 Å². The van der Waals surface area contributed by atoms with E-state index in [4.69, 9.17) is 5.11 Å². The molecule has 0 aliphatic rings. The Morgan fingerprint density at radius 3 is 1.88 bits per heavy atom. The number of esters is 1. The van der Waals surface area contributed by atoms with Crippen LogP contribution in [0.5, 0.6) is 0 Å². The number of rotatable bonds is 3. The Kier molecular flexibility index (Phi) is 8.51. The lowest BCUT2D eigenvalue weighted by Crippen LogP contribution is -2.22. The lowest BCUT2D eigenvalue weighted by Gasteiger charge is -2.11. The molecule has 1 atom stereocenters. The van der Waals surface area contributed by atoms with E-state index >= 15 is 0 Å². The van der Waals surface area contributed by atoms with E-state index in [9.17, 15) is 22.8 Å². The predicted molar refractivity (Wildman–Crippen MR) is 49.8 cm³/mol. The molecule has 0 aliphatic carbocycles. The van der Waals surface area contributed by atoms with Gasteiger partial charge in [0.15, 0.2) is 0 Å². The number of hydrogen-bond donors (Lipinski definition) is 1. The van der Waals surface area contributed by atoms with Crippen LogP contribution in [-0.2, 0) is 14.3 Å². The molecule has 0 amide bonds. The molecule has 0 aliphatic heterocycles. The maximum absolute atomic E-state index is 11.5. The molecule has 1 N–H and O–H groups in total. The lowest BCUT2D eigenvalue weighted by atomic mass is 10.1. The molecular weight excluding hydrogens is 229 g/mol. The zero-order valence-electron chi connectivity index (χ0n) is 9.30. The summed E-state index contributed by atoms with van der Waals surface area (Å²) in [7, 11) is 0. The van der Waals surface area contributed by atoms with Crippen LogP contribution in [0.25, 0.3) is 0 Å². The van der Waals surface area contributed by atoms with Gasteiger partial charge in [-0.1, -0.05) is 6.92 Å². The molecule has 0 spiro atoms. The summed E-state index contributed by atoms with van der Waals surface area (Å²) in [6.07, 6.45) is -5.25. The zero-order valence-corrected chi connectivity index (χ0v) is 9.30. The van der Waals surface area contributed by atoms with Crippen molar-refractivity contribution < 1.29 is 32.6 Å². The molecule has 7 heteroatoms. The number of carbonyl (C=O) groups excluding carboxylic acids is 1. The van der Waals surface area contributed by atoms with Gasteiger partial charge in [-0.2, -0.15) is 13.2 Å². The monoisotopic (exact) mass is 244 g/mol. The summed E-state index contributed by atoms with van der Waals surface area (Å²) in [5, 5.41) is 7.95. The van der Waals surface area contributed by atoms with Gasteiger partial charge in [0.1, 0.15) is 0 Å². The van der Waals surface area contributed by atoms with E-state index in [2.05, 4.69) is 4.74 Å². The van der Waals surface area contributed by atoms with Crippen LogP contribution in [-0.4, -0.2) is 29.8 Å². The van der Waals surface area contributed by atoms with E-state index in [1.54, 1.807) is 6.92 Å². The number of carboxylic acids is 1. The van der Waals surface area contributed by atoms with Gasteiger partial charge in [0.2, 0.25) is 0 Å². The average Bonchev–Trinajstić information content (AvgIpc) is 2.01. The van der Waals surface area contributed by atoms with Crippen molar-refractivity contribution in [2.45, 2.75) is 33.4 Å². The SMILES string of the molecule is CC(CC(=O)O)C(F)(F)F.CCOC(C)=O. The van der Waals surface area contributed by atoms with Crippen LogP contribution in [0.1, 0.15) is 27.2 Å². The maximum atomic E-state index is 11.5. The van der Waals surface area contributed by atoms with Crippen molar-refractivity contribution in [2.75, 3.05) is 6.61 Å². The summed E-state index contributed by atoms with van der Waals surface area (Å²) in [4.78, 5) is 19.6. The second-order valence-electron chi connectivity index (χ2n) is 2.97. The zero-order chi connectivity index (χ0) is 13.4. The van der Waals surface area contributed by atoms with Crippen LogP contribution in [0, 0.1) is 5.92 Å². The molecule has 96 valence electrons. The molecule has 0 rings (SSSR count). The fourth-order valence-electron chi connectivity index (χ4n) is 0.581. The third kappa shape index (κ3) is 12.7. The number of ether oxygens (including phenoxy) is 1. The Hall–Kier alpha value is -1.27. The van der Waals surface area contributed by atoms with Crippen molar-refractivity contribution in [3.63, 3.8) is 0 Å². The normalized spacial score (nSPS) is 12.1. The van der Waals surface area contributed by atoms with E-state index < -0.39 is 24.5 Å². The Morgan fingerprint density at radius 2 is 1.81 bits per heavy atom. The highest BCUT2D eigenvalue weighted by atomic mass is 19.4. The highest BCUT2D eigenvalue weighted by Gasteiger charge is 2.36. The summed E-state index contributed by atoms with van der Waals surface area (Å²) in [5.74, 6) is -3.40. The number of alkyl halides is 3. The number of carbonyl (C=O) groups is 2. The minimum Gasteiger partial charge on any atom is -0.481 e. The van der Waals surface area contributed by atoms with Crippen LogP contribution >= 0.6 is 0 Å². The van der Waals surface area contributed by atoms with Crippen molar-refractivity contribution in [1.29, 1.82) is 0 Å². The fraction of sp³-hybridized carbons (Fsp3) is 0.778. The van der Waals surface area contributed by atoms with Crippen LogP contribution in [0.4, 0.5) is 13.2 Å². The number of hydrogen-bond acceptors (Lipinski definition) is 3. The first-order valence-electron chi connectivity index (χ1n) is 4.53. The van der Waals surface area contributed by atoms with E-state index in [1.165, 1.54) is 6.92 Å². The largest absolute Gasteiger partial charge is 0.481 e. The summed E-state index contributed by atoms with van der Waals surface area (Å²) >= 11 is 0. The fourth-order valence-corrected chi connectivity index (χ4v) is 0.581. The van der Waals surface area contributed by atoms with E-state index in [0.29, 0.717) is 6.61 Å². The highest BCUT2D eigenvalue weighted by molar-refractivity contribution is 5.67. The number of halogens is 3. The first kappa shape index (κ1) is 17.1. The Bertz CT molecular complexity index is 225. The van der Waals surface area contributed by atoms with Gasteiger partial charge in [0.05, 0.1) is 18.9 Å². The summed E-state index contributed by atoms with van der Waals surface area (Å²) in [6.45, 7) is 4.49. The summed E-state index contributed by atoms with van der Waals surface area (Å²) in [6, 6.07) is 0. The van der Waals surface area contributed by atoms with Crippen molar-refractivity contribution in [1.82, 2.24) is 0 Å². The highest BCUT2D eigenvalue weighted by Crippen LogP contribution is 2.27. The standard InChI is InChI=1S/C5H7F3O2.C4H8O2/c1-3(2-4(9)10)5(6,7)8;1-3-6-4(2)5/h3H,2H2,1H3,(H,9,10);3H2,1-2H3. The van der Waals surface area contributed by atoms with E-state index in [1.807, 2.05) is 0 Å². The first-order chi connectivity index (χ1) is 7.11. The van der Waals surface area contributed by atoms with Crippen molar-refractivity contribution in [3.8, 4) is 0 Å². The van der Waals surface area contributed by atoms with Gasteiger partial charge in [-0.15, -0.1) is 0 Å². The van der Waals surface area contributed by atoms with Gasteiger partial charge in [-0.05, 0) is 6.92 Å². The minimum absolute atomic E-state index is 0.211. The quantitative estimate of drug-likeness (QED) is 0.773. The Morgan fingerprint density at radius 1 is 1.38 bits per heavy atom. The van der Waals surface area contributed by atoms with Crippen molar-refractivity contribution >= 4 is 11.9 Å². The molecule has 0 aromatic heterocycles. The molecule has 0 bridgehead atoms. The molecule has 0 heterocycles. The maximum Gasteiger partial charge on any atom is 0.392 e. The van der Waals surface area contributed by atoms with Gasteiger partial charge < -0.3 is 9.84 Å². The Labute approximate surface area is 91.4 Å². The molecule has 0 aromatic carbocycles. The minimum atomic E-state index is -4.39. The van der Waals surface area contributed by atoms with E-state index in [0.717, 1.165) is 6.92 Å². The first-order valence-corrected chi connectivity index (χ1v) is 4.53. The lowest BCUT2D eigenvalue weighted by molar-refractivity contribution is -0.178. The third-order valence-electron chi connectivity index (χ3n) is 1.39.